The van der Waals surface area contributed by atoms with E-state index in [1.165, 1.54) is 31.2 Å². The van der Waals surface area contributed by atoms with Crippen LogP contribution in [0, 0.1) is 5.82 Å². The highest BCUT2D eigenvalue weighted by Crippen LogP contribution is 2.08. The molecular weight excluding hydrogens is 203 g/mol. The van der Waals surface area contributed by atoms with E-state index in [4.69, 9.17) is 0 Å². The molecule has 4 heteroatoms. The van der Waals surface area contributed by atoms with Crippen LogP contribution in [-0.2, 0) is 4.79 Å². The Morgan fingerprint density at radius 3 is 2.36 bits per heavy atom. The van der Waals surface area contributed by atoms with E-state index in [-0.39, 0.29) is 22.5 Å². The van der Waals surface area contributed by atoms with Crippen molar-refractivity contribution >= 4 is 22.7 Å². The summed E-state index contributed by atoms with van der Waals surface area (Å²) in [5.74, 6) is -0.424. The molecule has 0 heterocycles. The molecule has 0 atom stereocenters. The highest BCUT2D eigenvalue weighted by molar-refractivity contribution is 8.14. The van der Waals surface area contributed by atoms with Gasteiger partial charge in [0.25, 0.3) is 0 Å². The van der Waals surface area contributed by atoms with E-state index in [9.17, 15) is 14.0 Å². The summed E-state index contributed by atoms with van der Waals surface area (Å²) >= 11 is 0.956. The third-order valence-electron chi connectivity index (χ3n) is 1.57. The van der Waals surface area contributed by atoms with E-state index in [1.807, 2.05) is 0 Å². The highest BCUT2D eigenvalue weighted by Gasteiger charge is 2.07. The lowest BCUT2D eigenvalue weighted by Crippen LogP contribution is -2.03. The van der Waals surface area contributed by atoms with Crippen LogP contribution in [0.25, 0.3) is 0 Å². The van der Waals surface area contributed by atoms with Gasteiger partial charge in [-0.3, -0.25) is 9.59 Å². The van der Waals surface area contributed by atoms with Gasteiger partial charge < -0.3 is 0 Å². The lowest BCUT2D eigenvalue weighted by Gasteiger charge is -1.98. The summed E-state index contributed by atoms with van der Waals surface area (Å²) in [6.07, 6.45) is 0. The quantitative estimate of drug-likeness (QED) is 0.721. The van der Waals surface area contributed by atoms with Crippen LogP contribution in [0.3, 0.4) is 0 Å². The minimum Gasteiger partial charge on any atom is -0.293 e. The third-order valence-corrected chi connectivity index (χ3v) is 2.39. The highest BCUT2D eigenvalue weighted by atomic mass is 32.2. The lowest BCUT2D eigenvalue weighted by molar-refractivity contribution is -0.109. The van der Waals surface area contributed by atoms with Crippen LogP contribution < -0.4 is 0 Å². The molecule has 0 aliphatic rings. The zero-order chi connectivity index (χ0) is 10.6. The maximum Gasteiger partial charge on any atom is 0.186 e. The number of carbonyl (C=O) groups excluding carboxylic acids is 2. The molecule has 0 fully saturated rings. The lowest BCUT2D eigenvalue weighted by atomic mass is 10.1. The summed E-state index contributed by atoms with van der Waals surface area (Å²) in [7, 11) is 0. The molecule has 0 N–H and O–H groups in total. The van der Waals surface area contributed by atoms with Crippen molar-refractivity contribution in [2.45, 2.75) is 6.92 Å². The molecule has 1 aromatic carbocycles. The maximum atomic E-state index is 12.5. The molecule has 0 unspecified atom stereocenters. The van der Waals surface area contributed by atoms with E-state index in [0.717, 1.165) is 11.8 Å². The number of benzene rings is 1. The van der Waals surface area contributed by atoms with Gasteiger partial charge in [-0.05, 0) is 24.3 Å². The Bertz CT molecular complexity index is 346. The van der Waals surface area contributed by atoms with Crippen molar-refractivity contribution in [2.75, 3.05) is 5.75 Å². The van der Waals surface area contributed by atoms with Gasteiger partial charge in [-0.25, -0.2) is 4.39 Å². The summed E-state index contributed by atoms with van der Waals surface area (Å²) < 4.78 is 12.5. The summed E-state index contributed by atoms with van der Waals surface area (Å²) in [6.45, 7) is 1.41. The second kappa shape index (κ2) is 4.91. The third kappa shape index (κ3) is 3.30. The largest absolute Gasteiger partial charge is 0.293 e. The fourth-order valence-corrected chi connectivity index (χ4v) is 1.39. The van der Waals surface area contributed by atoms with E-state index in [0.29, 0.717) is 5.56 Å². The Kier molecular flexibility index (Phi) is 3.83. The van der Waals surface area contributed by atoms with Crippen LogP contribution in [0.15, 0.2) is 24.3 Å². The Hall–Kier alpha value is -1.16. The van der Waals surface area contributed by atoms with Crippen LogP contribution in [-0.4, -0.2) is 16.7 Å². The van der Waals surface area contributed by atoms with Crippen LogP contribution in [0.2, 0.25) is 0 Å². The number of ketones is 1. The Labute approximate surface area is 85.5 Å². The number of carbonyl (C=O) groups is 2. The second-order valence-corrected chi connectivity index (χ2v) is 3.86. The van der Waals surface area contributed by atoms with E-state index >= 15 is 0 Å². The summed E-state index contributed by atoms with van der Waals surface area (Å²) in [5, 5.41) is -0.0968. The van der Waals surface area contributed by atoms with Gasteiger partial charge >= 0.3 is 0 Å². The first-order chi connectivity index (χ1) is 6.59. The van der Waals surface area contributed by atoms with Gasteiger partial charge in [-0.15, -0.1) is 0 Å². The number of halogens is 1. The zero-order valence-corrected chi connectivity index (χ0v) is 8.44. The van der Waals surface area contributed by atoms with E-state index in [2.05, 4.69) is 0 Å². The first-order valence-electron chi connectivity index (χ1n) is 4.01. The molecule has 0 radical (unpaired) electrons. The molecule has 0 aliphatic carbocycles. The normalized spacial score (nSPS) is 9.86. The van der Waals surface area contributed by atoms with Crippen LogP contribution >= 0.6 is 11.8 Å². The van der Waals surface area contributed by atoms with Crippen molar-refractivity contribution in [3.8, 4) is 0 Å². The van der Waals surface area contributed by atoms with Gasteiger partial charge in [0.2, 0.25) is 0 Å². The van der Waals surface area contributed by atoms with Gasteiger partial charge in [0.1, 0.15) is 5.82 Å². The second-order valence-electron chi connectivity index (χ2n) is 2.71. The van der Waals surface area contributed by atoms with Crippen molar-refractivity contribution in [3.05, 3.63) is 35.6 Å². The van der Waals surface area contributed by atoms with Crippen molar-refractivity contribution in [2.24, 2.45) is 0 Å². The molecule has 14 heavy (non-hydrogen) atoms. The zero-order valence-electron chi connectivity index (χ0n) is 7.62. The van der Waals surface area contributed by atoms with Crippen molar-refractivity contribution in [1.29, 1.82) is 0 Å². The monoisotopic (exact) mass is 212 g/mol. The predicted octanol–water partition coefficient (Wildman–Crippen LogP) is 2.29. The molecule has 74 valence electrons. The Morgan fingerprint density at radius 2 is 1.86 bits per heavy atom. The van der Waals surface area contributed by atoms with Crippen LogP contribution in [0.5, 0.6) is 0 Å². The Morgan fingerprint density at radius 1 is 1.29 bits per heavy atom. The average Bonchev–Trinajstić information content (AvgIpc) is 2.15. The molecule has 0 amide bonds. The van der Waals surface area contributed by atoms with Crippen molar-refractivity contribution in [1.82, 2.24) is 0 Å². The van der Waals surface area contributed by atoms with Crippen LogP contribution in [0.4, 0.5) is 4.39 Å². The summed E-state index contributed by atoms with van der Waals surface area (Å²) in [4.78, 5) is 21.9. The molecule has 2 nitrogen and oxygen atoms in total. The number of rotatable bonds is 3. The summed E-state index contributed by atoms with van der Waals surface area (Å²) in [5.41, 5.74) is 0.431. The molecule has 0 saturated heterocycles. The number of hydrogen-bond acceptors (Lipinski definition) is 3. The first-order valence-corrected chi connectivity index (χ1v) is 5.00. The van der Waals surface area contributed by atoms with Gasteiger partial charge in [0, 0.05) is 12.5 Å². The maximum absolute atomic E-state index is 12.5. The number of hydrogen-bond donors (Lipinski definition) is 0. The fraction of sp³-hybridized carbons (Fsp3) is 0.200. The molecule has 0 saturated carbocycles. The van der Waals surface area contributed by atoms with Crippen molar-refractivity contribution < 1.29 is 14.0 Å². The minimum absolute atomic E-state index is 0.0968. The standard InChI is InChI=1S/C10H9FO2S/c1-7(12)14-6-10(13)8-2-4-9(11)5-3-8/h2-5H,6H2,1H3. The smallest absolute Gasteiger partial charge is 0.186 e. The van der Waals surface area contributed by atoms with Gasteiger partial charge in [-0.2, -0.15) is 0 Å². The molecule has 0 bridgehead atoms. The molecule has 0 aliphatic heterocycles. The van der Waals surface area contributed by atoms with E-state index < -0.39 is 0 Å². The predicted molar refractivity (Wildman–Crippen MR) is 53.9 cm³/mol. The van der Waals surface area contributed by atoms with Crippen molar-refractivity contribution in [3.63, 3.8) is 0 Å². The molecule has 1 rings (SSSR count). The average molecular weight is 212 g/mol. The minimum atomic E-state index is -0.374. The molecule has 1 aromatic rings. The Balaban J connectivity index is 2.61. The van der Waals surface area contributed by atoms with Gasteiger partial charge in [-0.1, -0.05) is 11.8 Å². The van der Waals surface area contributed by atoms with E-state index in [1.54, 1.807) is 0 Å². The molecular formula is C10H9FO2S. The first kappa shape index (κ1) is 10.9. The number of Topliss-reactive ketones (excluding diaryl/α,β-unsaturated/α-hetero) is 1. The summed E-state index contributed by atoms with van der Waals surface area (Å²) in [6, 6.07) is 5.29. The molecule has 0 aromatic heterocycles. The van der Waals surface area contributed by atoms with Gasteiger partial charge in [0.15, 0.2) is 10.9 Å². The number of thioether (sulfide) groups is 1. The van der Waals surface area contributed by atoms with Crippen LogP contribution in [0.1, 0.15) is 17.3 Å². The van der Waals surface area contributed by atoms with Gasteiger partial charge in [0.05, 0.1) is 5.75 Å². The fourth-order valence-electron chi connectivity index (χ4n) is 0.886. The topological polar surface area (TPSA) is 34.1 Å². The SMILES string of the molecule is CC(=O)SCC(=O)c1ccc(F)cc1. The molecule has 0 spiro atoms.